The summed E-state index contributed by atoms with van der Waals surface area (Å²) in [5, 5.41) is 0.464. The van der Waals surface area contributed by atoms with Crippen LogP contribution in [0.5, 0.6) is 5.75 Å². The Bertz CT molecular complexity index is 715. The Morgan fingerprint density at radius 1 is 1.14 bits per heavy atom. The summed E-state index contributed by atoms with van der Waals surface area (Å²) in [6.07, 6.45) is -4.41. The molecule has 0 amide bonds. The molecule has 0 fully saturated rings. The van der Waals surface area contributed by atoms with Crippen LogP contribution in [0, 0.1) is 0 Å². The first-order chi connectivity index (χ1) is 10.3. The lowest BCUT2D eigenvalue weighted by Gasteiger charge is -2.36. The Hall–Kier alpha value is -1.72. The molecule has 1 unspecified atom stereocenters. The minimum absolute atomic E-state index is 0.0403. The highest BCUT2D eigenvalue weighted by molar-refractivity contribution is 6.30. The van der Waals surface area contributed by atoms with E-state index in [1.807, 2.05) is 0 Å². The minimum Gasteiger partial charge on any atom is -0.467 e. The first-order valence-corrected chi connectivity index (χ1v) is 6.93. The van der Waals surface area contributed by atoms with E-state index in [1.54, 1.807) is 31.2 Å². The van der Waals surface area contributed by atoms with Crippen molar-refractivity contribution in [3.63, 3.8) is 0 Å². The van der Waals surface area contributed by atoms with Gasteiger partial charge in [-0.2, -0.15) is 13.2 Å². The van der Waals surface area contributed by atoms with E-state index in [9.17, 15) is 13.2 Å². The topological polar surface area (TPSA) is 18.5 Å². The van der Waals surface area contributed by atoms with Gasteiger partial charge in [0.05, 0.1) is 5.56 Å². The van der Waals surface area contributed by atoms with Crippen LogP contribution in [-0.2, 0) is 16.5 Å². The van der Waals surface area contributed by atoms with E-state index in [-0.39, 0.29) is 6.79 Å². The van der Waals surface area contributed by atoms with Crippen molar-refractivity contribution in [2.24, 2.45) is 0 Å². The second-order valence-corrected chi connectivity index (χ2v) is 5.60. The Kier molecular flexibility index (Phi) is 3.57. The molecule has 0 radical (unpaired) electrons. The fourth-order valence-electron chi connectivity index (χ4n) is 2.52. The summed E-state index contributed by atoms with van der Waals surface area (Å²) >= 11 is 6.00. The van der Waals surface area contributed by atoms with Crippen molar-refractivity contribution in [2.75, 3.05) is 6.79 Å². The van der Waals surface area contributed by atoms with Gasteiger partial charge in [-0.3, -0.25) is 0 Å². The molecule has 0 N–H and O–H groups in total. The summed E-state index contributed by atoms with van der Waals surface area (Å²) in [5.74, 6) is 0.551. The molecule has 0 aliphatic carbocycles. The lowest BCUT2D eigenvalue weighted by molar-refractivity contribution is -0.138. The normalized spacial score (nSPS) is 21.1. The van der Waals surface area contributed by atoms with E-state index >= 15 is 0 Å². The van der Waals surface area contributed by atoms with Gasteiger partial charge in [0.15, 0.2) is 6.79 Å². The fraction of sp³-hybridized carbons (Fsp3) is 0.250. The Labute approximate surface area is 130 Å². The highest BCUT2D eigenvalue weighted by Gasteiger charge is 2.38. The number of benzene rings is 2. The van der Waals surface area contributed by atoms with Gasteiger partial charge in [-0.05, 0) is 42.8 Å². The van der Waals surface area contributed by atoms with Gasteiger partial charge in [0.25, 0.3) is 0 Å². The quantitative estimate of drug-likeness (QED) is 0.734. The number of halogens is 4. The smallest absolute Gasteiger partial charge is 0.416 e. The van der Waals surface area contributed by atoms with Crippen molar-refractivity contribution >= 4 is 11.6 Å². The van der Waals surface area contributed by atoms with Crippen LogP contribution in [0.4, 0.5) is 13.2 Å². The predicted molar refractivity (Wildman–Crippen MR) is 75.9 cm³/mol. The average Bonchev–Trinajstić information content (AvgIpc) is 2.47. The Morgan fingerprint density at radius 3 is 2.64 bits per heavy atom. The highest BCUT2D eigenvalue weighted by atomic mass is 35.5. The zero-order valence-electron chi connectivity index (χ0n) is 11.6. The molecule has 2 aromatic rings. The maximum Gasteiger partial charge on any atom is 0.416 e. The van der Waals surface area contributed by atoms with Crippen molar-refractivity contribution < 1.29 is 22.6 Å². The number of ether oxygens (including phenoxy) is 2. The molecule has 1 aliphatic heterocycles. The largest absolute Gasteiger partial charge is 0.467 e. The maximum absolute atomic E-state index is 12.9. The lowest BCUT2D eigenvalue weighted by Crippen LogP contribution is -2.34. The summed E-state index contributed by atoms with van der Waals surface area (Å²) in [5.41, 5.74) is -0.774. The summed E-state index contributed by atoms with van der Waals surface area (Å²) in [6, 6.07) is 10.1. The van der Waals surface area contributed by atoms with E-state index in [4.69, 9.17) is 21.1 Å². The van der Waals surface area contributed by atoms with E-state index < -0.39 is 17.3 Å². The van der Waals surface area contributed by atoms with E-state index in [0.717, 1.165) is 12.1 Å². The molecule has 3 rings (SSSR count). The van der Waals surface area contributed by atoms with Crippen LogP contribution in [0.1, 0.15) is 23.6 Å². The molecule has 6 heteroatoms. The predicted octanol–water partition coefficient (Wildman–Crippen LogP) is 4.99. The second-order valence-electron chi connectivity index (χ2n) is 5.16. The van der Waals surface area contributed by atoms with Crippen LogP contribution < -0.4 is 4.74 Å². The van der Waals surface area contributed by atoms with Gasteiger partial charge in [-0.25, -0.2) is 0 Å². The first kappa shape index (κ1) is 15.2. The minimum atomic E-state index is -4.41. The van der Waals surface area contributed by atoms with Gasteiger partial charge in [0, 0.05) is 10.6 Å². The van der Waals surface area contributed by atoms with Crippen molar-refractivity contribution in [3.8, 4) is 5.75 Å². The molecule has 0 spiro atoms. The first-order valence-electron chi connectivity index (χ1n) is 6.55. The fourth-order valence-corrected chi connectivity index (χ4v) is 2.69. The van der Waals surface area contributed by atoms with Gasteiger partial charge in [0.2, 0.25) is 0 Å². The highest BCUT2D eigenvalue weighted by Crippen LogP contribution is 2.43. The zero-order valence-corrected chi connectivity index (χ0v) is 12.3. The average molecular weight is 329 g/mol. The molecular weight excluding hydrogens is 317 g/mol. The summed E-state index contributed by atoms with van der Waals surface area (Å²) in [7, 11) is 0. The maximum atomic E-state index is 12.9. The summed E-state index contributed by atoms with van der Waals surface area (Å²) in [6.45, 7) is 1.67. The van der Waals surface area contributed by atoms with Crippen molar-refractivity contribution in [1.82, 2.24) is 0 Å². The third kappa shape index (κ3) is 2.55. The third-order valence-corrected chi connectivity index (χ3v) is 3.99. The summed E-state index contributed by atoms with van der Waals surface area (Å²) < 4.78 is 49.8. The van der Waals surface area contributed by atoms with Crippen LogP contribution in [0.15, 0.2) is 42.5 Å². The number of hydrogen-bond donors (Lipinski definition) is 0. The van der Waals surface area contributed by atoms with Crippen LogP contribution >= 0.6 is 11.6 Å². The van der Waals surface area contributed by atoms with Gasteiger partial charge in [-0.15, -0.1) is 0 Å². The van der Waals surface area contributed by atoms with Gasteiger partial charge >= 0.3 is 6.18 Å². The van der Waals surface area contributed by atoms with Crippen molar-refractivity contribution in [3.05, 3.63) is 64.2 Å². The van der Waals surface area contributed by atoms with Crippen LogP contribution in [0.25, 0.3) is 0 Å². The molecule has 0 saturated carbocycles. The molecule has 0 bridgehead atoms. The van der Waals surface area contributed by atoms with Gasteiger partial charge in [0.1, 0.15) is 11.4 Å². The third-order valence-electron chi connectivity index (χ3n) is 3.76. The van der Waals surface area contributed by atoms with E-state index in [2.05, 4.69) is 0 Å². The Balaban J connectivity index is 2.15. The number of rotatable bonds is 1. The molecule has 22 heavy (non-hydrogen) atoms. The molecule has 1 heterocycles. The monoisotopic (exact) mass is 328 g/mol. The van der Waals surface area contributed by atoms with Crippen LogP contribution in [-0.4, -0.2) is 6.79 Å². The SMILES string of the molecule is CC1(c2cccc(C(F)(F)F)c2)OCOc2ccc(Cl)cc21. The molecular formula is C16H12ClF3O2. The van der Waals surface area contributed by atoms with Crippen molar-refractivity contribution in [1.29, 1.82) is 0 Å². The van der Waals surface area contributed by atoms with Crippen molar-refractivity contribution in [2.45, 2.75) is 18.7 Å². The molecule has 2 nitrogen and oxygen atoms in total. The zero-order chi connectivity index (χ0) is 16.0. The van der Waals surface area contributed by atoms with Gasteiger partial charge in [-0.1, -0.05) is 23.7 Å². The number of hydrogen-bond acceptors (Lipinski definition) is 2. The van der Waals surface area contributed by atoms with Gasteiger partial charge < -0.3 is 9.47 Å². The van der Waals surface area contributed by atoms with Crippen LogP contribution in [0.3, 0.4) is 0 Å². The molecule has 1 aliphatic rings. The molecule has 2 aromatic carbocycles. The number of fused-ring (bicyclic) bond motifs is 1. The molecule has 116 valence electrons. The molecule has 1 atom stereocenters. The summed E-state index contributed by atoms with van der Waals surface area (Å²) in [4.78, 5) is 0. The molecule has 0 aromatic heterocycles. The second kappa shape index (κ2) is 5.18. The standard InChI is InChI=1S/C16H12ClF3O2/c1-15(10-3-2-4-11(7-10)16(18,19)20)13-8-12(17)5-6-14(13)21-9-22-15/h2-8H,9H2,1H3. The van der Waals surface area contributed by atoms with E-state index in [1.165, 1.54) is 6.07 Å². The van der Waals surface area contributed by atoms with E-state index in [0.29, 0.717) is 21.9 Å². The van der Waals surface area contributed by atoms with Crippen LogP contribution in [0.2, 0.25) is 5.02 Å². The number of alkyl halides is 3. The Morgan fingerprint density at radius 2 is 1.91 bits per heavy atom. The lowest BCUT2D eigenvalue weighted by atomic mass is 9.86. The molecule has 0 saturated heterocycles.